The van der Waals surface area contributed by atoms with E-state index in [0.29, 0.717) is 0 Å². The number of hydrogen-bond donors (Lipinski definition) is 1. The Hall–Kier alpha value is -1.96. The van der Waals surface area contributed by atoms with Crippen LogP contribution in [-0.2, 0) is 0 Å². The Bertz CT molecular complexity index is 524. The molecular formula is C22H32N2. The van der Waals surface area contributed by atoms with Gasteiger partial charge in [0.05, 0.1) is 11.4 Å². The maximum Gasteiger partial charge on any atom is 0.0571 e. The number of hydrogen-bond acceptors (Lipinski definition) is 2. The molecule has 0 radical (unpaired) electrons. The lowest BCUT2D eigenvalue weighted by molar-refractivity contribution is 0.575. The highest BCUT2D eigenvalue weighted by molar-refractivity contribution is 5.54. The molecule has 0 bridgehead atoms. The minimum atomic E-state index is 1.04. The number of rotatable bonds is 12. The van der Waals surface area contributed by atoms with Gasteiger partial charge >= 0.3 is 0 Å². The number of nitrogens with zero attached hydrogens (tertiary/aromatic N) is 1. The van der Waals surface area contributed by atoms with E-state index in [1.165, 1.54) is 57.1 Å². The largest absolute Gasteiger partial charge is 0.298 e. The number of hydrazine groups is 1. The molecule has 0 aromatic heterocycles. The van der Waals surface area contributed by atoms with Gasteiger partial charge in [-0.1, -0.05) is 88.3 Å². The molecule has 24 heavy (non-hydrogen) atoms. The third-order valence-corrected chi connectivity index (χ3v) is 4.34. The molecule has 0 aliphatic carbocycles. The monoisotopic (exact) mass is 324 g/mol. The molecule has 0 heterocycles. The number of anilines is 2. The molecule has 2 rings (SSSR count). The van der Waals surface area contributed by atoms with E-state index in [1.54, 1.807) is 0 Å². The molecule has 2 aromatic carbocycles. The summed E-state index contributed by atoms with van der Waals surface area (Å²) in [6, 6.07) is 21.0. The zero-order valence-electron chi connectivity index (χ0n) is 15.1. The maximum atomic E-state index is 3.55. The number of benzene rings is 2. The van der Waals surface area contributed by atoms with E-state index < -0.39 is 0 Å². The summed E-state index contributed by atoms with van der Waals surface area (Å²) in [5, 5.41) is 2.27. The van der Waals surface area contributed by atoms with Crippen molar-refractivity contribution in [2.24, 2.45) is 0 Å². The predicted molar refractivity (Wildman–Crippen MR) is 106 cm³/mol. The standard InChI is InChI=1S/C22H32N2/c1-2-3-4-5-6-7-8-15-20-24(22-18-13-10-14-19-22)23-21-16-11-9-12-17-21/h9-14,16-19,23H,2-8,15,20H2,1H3. The number of nitrogens with one attached hydrogen (secondary N) is 1. The van der Waals surface area contributed by atoms with Crippen LogP contribution in [0.2, 0.25) is 0 Å². The van der Waals surface area contributed by atoms with E-state index in [9.17, 15) is 0 Å². The highest BCUT2D eigenvalue weighted by Crippen LogP contribution is 2.17. The SMILES string of the molecule is CCCCCCCCCCN(Nc1ccccc1)c1ccccc1. The lowest BCUT2D eigenvalue weighted by Gasteiger charge is -2.26. The van der Waals surface area contributed by atoms with E-state index in [-0.39, 0.29) is 0 Å². The first-order valence-corrected chi connectivity index (χ1v) is 9.54. The Morgan fingerprint density at radius 3 is 1.83 bits per heavy atom. The summed E-state index contributed by atoms with van der Waals surface area (Å²) >= 11 is 0. The first kappa shape index (κ1) is 18.4. The van der Waals surface area contributed by atoms with Crippen LogP contribution in [0.15, 0.2) is 60.7 Å². The molecule has 2 aromatic rings. The zero-order chi connectivity index (χ0) is 16.9. The Morgan fingerprint density at radius 1 is 0.667 bits per heavy atom. The molecule has 0 unspecified atom stereocenters. The van der Waals surface area contributed by atoms with Crippen molar-refractivity contribution in [3.05, 3.63) is 60.7 Å². The van der Waals surface area contributed by atoms with Crippen LogP contribution in [0.3, 0.4) is 0 Å². The lowest BCUT2D eigenvalue weighted by atomic mass is 10.1. The molecule has 130 valence electrons. The molecule has 0 fully saturated rings. The summed E-state index contributed by atoms with van der Waals surface area (Å²) in [6.45, 7) is 3.31. The van der Waals surface area contributed by atoms with Crippen molar-refractivity contribution in [2.45, 2.75) is 58.3 Å². The van der Waals surface area contributed by atoms with E-state index in [1.807, 2.05) is 0 Å². The van der Waals surface area contributed by atoms with Crippen LogP contribution in [0, 0.1) is 0 Å². The van der Waals surface area contributed by atoms with E-state index >= 15 is 0 Å². The van der Waals surface area contributed by atoms with Crippen molar-refractivity contribution in [3.8, 4) is 0 Å². The van der Waals surface area contributed by atoms with E-state index in [0.717, 1.165) is 12.2 Å². The van der Waals surface area contributed by atoms with Gasteiger partial charge in [0.2, 0.25) is 0 Å². The summed E-state index contributed by atoms with van der Waals surface area (Å²) in [5.74, 6) is 0. The lowest BCUT2D eigenvalue weighted by Crippen LogP contribution is -2.30. The smallest absolute Gasteiger partial charge is 0.0571 e. The normalized spacial score (nSPS) is 10.5. The van der Waals surface area contributed by atoms with Gasteiger partial charge in [0.25, 0.3) is 0 Å². The second-order valence-corrected chi connectivity index (χ2v) is 6.44. The van der Waals surface area contributed by atoms with Crippen molar-refractivity contribution in [1.82, 2.24) is 0 Å². The third kappa shape index (κ3) is 7.08. The number of unbranched alkanes of at least 4 members (excludes halogenated alkanes) is 7. The Morgan fingerprint density at radius 2 is 1.21 bits per heavy atom. The van der Waals surface area contributed by atoms with Gasteiger partial charge in [-0.15, -0.1) is 0 Å². The van der Waals surface area contributed by atoms with Crippen LogP contribution in [-0.4, -0.2) is 6.54 Å². The van der Waals surface area contributed by atoms with Gasteiger partial charge in [0, 0.05) is 6.54 Å². The third-order valence-electron chi connectivity index (χ3n) is 4.34. The minimum absolute atomic E-state index is 1.04. The minimum Gasteiger partial charge on any atom is -0.298 e. The molecule has 0 amide bonds. The first-order chi connectivity index (χ1) is 11.9. The van der Waals surface area contributed by atoms with Gasteiger partial charge in [-0.25, -0.2) is 0 Å². The molecule has 2 heteroatoms. The predicted octanol–water partition coefficient (Wildman–Crippen LogP) is 6.66. The molecule has 0 spiro atoms. The molecular weight excluding hydrogens is 292 g/mol. The van der Waals surface area contributed by atoms with Crippen LogP contribution in [0.4, 0.5) is 11.4 Å². The molecule has 1 N–H and O–H groups in total. The average Bonchev–Trinajstić information content (AvgIpc) is 2.64. The average molecular weight is 325 g/mol. The van der Waals surface area contributed by atoms with E-state index in [2.05, 4.69) is 78.0 Å². The van der Waals surface area contributed by atoms with Gasteiger partial charge in [-0.05, 0) is 30.7 Å². The Balaban J connectivity index is 1.77. The highest BCUT2D eigenvalue weighted by atomic mass is 15.5. The quantitative estimate of drug-likeness (QED) is 0.347. The molecule has 0 saturated carbocycles. The van der Waals surface area contributed by atoms with Crippen molar-refractivity contribution < 1.29 is 0 Å². The van der Waals surface area contributed by atoms with Crippen LogP contribution in [0.5, 0.6) is 0 Å². The Labute approximate surface area is 147 Å². The molecule has 0 aliphatic heterocycles. The second kappa shape index (κ2) is 11.6. The van der Waals surface area contributed by atoms with Gasteiger partial charge < -0.3 is 0 Å². The fraction of sp³-hybridized carbons (Fsp3) is 0.455. The zero-order valence-corrected chi connectivity index (χ0v) is 15.1. The van der Waals surface area contributed by atoms with Gasteiger partial charge in [0.15, 0.2) is 0 Å². The number of para-hydroxylation sites is 2. The summed E-state index contributed by atoms with van der Waals surface area (Å²) in [7, 11) is 0. The van der Waals surface area contributed by atoms with Crippen LogP contribution < -0.4 is 10.4 Å². The Kier molecular flexibility index (Phi) is 8.85. The summed E-state index contributed by atoms with van der Waals surface area (Å²) in [4.78, 5) is 0. The molecule has 2 nitrogen and oxygen atoms in total. The topological polar surface area (TPSA) is 15.3 Å². The van der Waals surface area contributed by atoms with Crippen molar-refractivity contribution in [3.63, 3.8) is 0 Å². The summed E-state index contributed by atoms with van der Waals surface area (Å²) in [6.07, 6.45) is 10.8. The maximum absolute atomic E-state index is 3.55. The van der Waals surface area contributed by atoms with Gasteiger partial charge in [0.1, 0.15) is 0 Å². The molecule has 0 atom stereocenters. The molecule has 0 aliphatic rings. The fourth-order valence-corrected chi connectivity index (χ4v) is 2.93. The summed E-state index contributed by atoms with van der Waals surface area (Å²) < 4.78 is 0. The first-order valence-electron chi connectivity index (χ1n) is 9.54. The molecule has 0 saturated heterocycles. The van der Waals surface area contributed by atoms with Crippen molar-refractivity contribution in [1.29, 1.82) is 0 Å². The van der Waals surface area contributed by atoms with Crippen molar-refractivity contribution in [2.75, 3.05) is 17.0 Å². The van der Waals surface area contributed by atoms with E-state index in [4.69, 9.17) is 0 Å². The van der Waals surface area contributed by atoms with Crippen LogP contribution >= 0.6 is 0 Å². The second-order valence-electron chi connectivity index (χ2n) is 6.44. The fourth-order valence-electron chi connectivity index (χ4n) is 2.93. The van der Waals surface area contributed by atoms with Crippen LogP contribution in [0.1, 0.15) is 58.3 Å². The van der Waals surface area contributed by atoms with Gasteiger partial charge in [-0.3, -0.25) is 10.4 Å². The van der Waals surface area contributed by atoms with Crippen molar-refractivity contribution >= 4 is 11.4 Å². The van der Waals surface area contributed by atoms with Crippen LogP contribution in [0.25, 0.3) is 0 Å². The summed E-state index contributed by atoms with van der Waals surface area (Å²) in [5.41, 5.74) is 5.91. The highest BCUT2D eigenvalue weighted by Gasteiger charge is 2.05. The van der Waals surface area contributed by atoms with Gasteiger partial charge in [-0.2, -0.15) is 0 Å².